The first-order valence-corrected chi connectivity index (χ1v) is 6.05. The number of H-pyrrole nitrogens is 1. The molecule has 0 spiro atoms. The van der Waals surface area contributed by atoms with E-state index in [2.05, 4.69) is 35.9 Å². The van der Waals surface area contributed by atoms with Crippen molar-refractivity contribution in [2.75, 3.05) is 18.0 Å². The summed E-state index contributed by atoms with van der Waals surface area (Å²) in [6.45, 7) is 9.39. The number of aromatic nitrogens is 3. The topological polar surface area (TPSA) is 36.9 Å². The minimum atomic E-state index is 0.713. The summed E-state index contributed by atoms with van der Waals surface area (Å²) < 4.78 is 2.76. The number of rotatable bonds is 6. The first-order valence-electron chi connectivity index (χ1n) is 5.64. The van der Waals surface area contributed by atoms with E-state index in [0.29, 0.717) is 4.77 Å². The summed E-state index contributed by atoms with van der Waals surface area (Å²) in [7, 11) is 0. The summed E-state index contributed by atoms with van der Waals surface area (Å²) >= 11 is 5.18. The second-order valence-electron chi connectivity index (χ2n) is 3.56. The number of anilines is 1. The maximum absolute atomic E-state index is 5.18. The molecule has 0 unspecified atom stereocenters. The molecule has 1 aromatic rings. The molecule has 0 saturated carbocycles. The fraction of sp³-hybridized carbons (Fsp3) is 0.800. The molecule has 0 amide bonds. The van der Waals surface area contributed by atoms with E-state index in [1.807, 2.05) is 4.57 Å². The van der Waals surface area contributed by atoms with Crippen molar-refractivity contribution in [2.24, 2.45) is 0 Å². The van der Waals surface area contributed by atoms with E-state index in [1.165, 1.54) is 0 Å². The van der Waals surface area contributed by atoms with Gasteiger partial charge in [0.2, 0.25) is 5.95 Å². The summed E-state index contributed by atoms with van der Waals surface area (Å²) in [6, 6.07) is 0. The Balaban J connectivity index is 2.93. The molecule has 0 aliphatic carbocycles. The van der Waals surface area contributed by atoms with E-state index in [0.717, 1.165) is 38.4 Å². The average Bonchev–Trinajstić information content (AvgIpc) is 2.59. The zero-order valence-electron chi connectivity index (χ0n) is 9.79. The van der Waals surface area contributed by atoms with Gasteiger partial charge in [0.15, 0.2) is 4.77 Å². The predicted octanol–water partition coefficient (Wildman–Crippen LogP) is 2.59. The highest BCUT2D eigenvalue weighted by atomic mass is 32.1. The first kappa shape index (κ1) is 12.2. The van der Waals surface area contributed by atoms with Crippen LogP contribution in [-0.4, -0.2) is 27.9 Å². The van der Waals surface area contributed by atoms with E-state index in [9.17, 15) is 0 Å². The lowest BCUT2D eigenvalue weighted by molar-refractivity contribution is 0.668. The summed E-state index contributed by atoms with van der Waals surface area (Å²) in [5, 5.41) is 7.16. The van der Waals surface area contributed by atoms with Crippen molar-refractivity contribution < 1.29 is 0 Å². The SMILES string of the molecule is CCCN(CCC)c1n[nH]c(=S)n1CC. The largest absolute Gasteiger partial charge is 0.341 e. The highest BCUT2D eigenvalue weighted by Crippen LogP contribution is 2.12. The first-order chi connectivity index (χ1) is 7.24. The lowest BCUT2D eigenvalue weighted by Gasteiger charge is -2.22. The number of nitrogens with one attached hydrogen (secondary N) is 1. The Hall–Kier alpha value is -0.840. The van der Waals surface area contributed by atoms with Crippen molar-refractivity contribution in [3.63, 3.8) is 0 Å². The highest BCUT2D eigenvalue weighted by Gasteiger charge is 2.11. The van der Waals surface area contributed by atoms with Gasteiger partial charge in [-0.3, -0.25) is 4.57 Å². The zero-order valence-corrected chi connectivity index (χ0v) is 10.6. The molecular weight excluding hydrogens is 208 g/mol. The van der Waals surface area contributed by atoms with Gasteiger partial charge in [-0.25, -0.2) is 5.10 Å². The Morgan fingerprint density at radius 1 is 1.27 bits per heavy atom. The van der Waals surface area contributed by atoms with E-state index in [1.54, 1.807) is 0 Å². The number of hydrogen-bond acceptors (Lipinski definition) is 3. The van der Waals surface area contributed by atoms with Crippen molar-refractivity contribution in [1.82, 2.24) is 14.8 Å². The van der Waals surface area contributed by atoms with Gasteiger partial charge >= 0.3 is 0 Å². The normalized spacial score (nSPS) is 10.6. The molecule has 1 N–H and O–H groups in total. The third-order valence-electron chi connectivity index (χ3n) is 2.32. The van der Waals surface area contributed by atoms with Crippen LogP contribution in [0.2, 0.25) is 0 Å². The smallest absolute Gasteiger partial charge is 0.225 e. The van der Waals surface area contributed by atoms with Crippen LogP contribution in [0.3, 0.4) is 0 Å². The van der Waals surface area contributed by atoms with Gasteiger partial charge in [0.25, 0.3) is 0 Å². The van der Waals surface area contributed by atoms with Crippen LogP contribution in [0.5, 0.6) is 0 Å². The van der Waals surface area contributed by atoms with Crippen LogP contribution in [0.15, 0.2) is 0 Å². The predicted molar refractivity (Wildman–Crippen MR) is 65.9 cm³/mol. The maximum atomic E-state index is 5.18. The van der Waals surface area contributed by atoms with Gasteiger partial charge in [-0.05, 0) is 32.0 Å². The van der Waals surface area contributed by atoms with Gasteiger partial charge < -0.3 is 4.90 Å². The summed E-state index contributed by atoms with van der Waals surface area (Å²) in [4.78, 5) is 2.29. The molecule has 5 heteroatoms. The van der Waals surface area contributed by atoms with Gasteiger partial charge in [0.1, 0.15) is 0 Å². The Morgan fingerprint density at radius 3 is 2.33 bits per heavy atom. The third-order valence-corrected chi connectivity index (χ3v) is 2.64. The fourth-order valence-corrected chi connectivity index (χ4v) is 1.94. The molecule has 0 aliphatic heterocycles. The standard InChI is InChI=1S/C10H20N4S/c1-4-7-13(8-5-2)9-11-12-10(15)14(9)6-3/h4-8H2,1-3H3,(H,12,15). The Kier molecular flexibility index (Phi) is 4.81. The fourth-order valence-electron chi connectivity index (χ4n) is 1.69. The molecule has 0 saturated heterocycles. The molecule has 0 atom stereocenters. The van der Waals surface area contributed by atoms with Crippen molar-refractivity contribution in [2.45, 2.75) is 40.2 Å². The Morgan fingerprint density at radius 2 is 1.87 bits per heavy atom. The Labute approximate surface area is 96.3 Å². The minimum absolute atomic E-state index is 0.713. The average molecular weight is 228 g/mol. The molecular formula is C10H20N4S. The zero-order chi connectivity index (χ0) is 11.3. The Bertz CT molecular complexity index is 335. The number of nitrogens with zero attached hydrogens (tertiary/aromatic N) is 3. The number of hydrogen-bond donors (Lipinski definition) is 1. The lowest BCUT2D eigenvalue weighted by atomic mass is 10.4. The highest BCUT2D eigenvalue weighted by molar-refractivity contribution is 7.71. The number of aromatic amines is 1. The molecule has 0 aromatic carbocycles. The second kappa shape index (κ2) is 5.90. The van der Waals surface area contributed by atoms with Crippen molar-refractivity contribution in [3.05, 3.63) is 4.77 Å². The van der Waals surface area contributed by atoms with E-state index in [-0.39, 0.29) is 0 Å². The summed E-state index contributed by atoms with van der Waals surface area (Å²) in [5.41, 5.74) is 0. The van der Waals surface area contributed by atoms with Crippen molar-refractivity contribution in [3.8, 4) is 0 Å². The van der Waals surface area contributed by atoms with E-state index in [4.69, 9.17) is 12.2 Å². The molecule has 1 aromatic heterocycles. The minimum Gasteiger partial charge on any atom is -0.341 e. The molecule has 86 valence electrons. The van der Waals surface area contributed by atoms with Crippen LogP contribution < -0.4 is 4.90 Å². The quantitative estimate of drug-likeness (QED) is 0.760. The summed E-state index contributed by atoms with van der Waals surface area (Å²) in [6.07, 6.45) is 2.26. The van der Waals surface area contributed by atoms with Crippen molar-refractivity contribution in [1.29, 1.82) is 0 Å². The molecule has 0 fully saturated rings. The molecule has 0 bridgehead atoms. The van der Waals surface area contributed by atoms with Gasteiger partial charge in [-0.1, -0.05) is 13.8 Å². The second-order valence-corrected chi connectivity index (χ2v) is 3.95. The van der Waals surface area contributed by atoms with Crippen LogP contribution in [0.4, 0.5) is 5.95 Å². The lowest BCUT2D eigenvalue weighted by Crippen LogP contribution is -2.28. The van der Waals surface area contributed by atoms with Crippen LogP contribution in [0.25, 0.3) is 0 Å². The van der Waals surface area contributed by atoms with E-state index < -0.39 is 0 Å². The van der Waals surface area contributed by atoms with Gasteiger partial charge in [0.05, 0.1) is 0 Å². The maximum Gasteiger partial charge on any atom is 0.225 e. The monoisotopic (exact) mass is 228 g/mol. The molecule has 0 radical (unpaired) electrons. The van der Waals surface area contributed by atoms with Crippen LogP contribution >= 0.6 is 12.2 Å². The van der Waals surface area contributed by atoms with Gasteiger partial charge in [0, 0.05) is 19.6 Å². The molecule has 0 aliphatic rings. The molecule has 15 heavy (non-hydrogen) atoms. The molecule has 1 rings (SSSR count). The van der Waals surface area contributed by atoms with E-state index >= 15 is 0 Å². The van der Waals surface area contributed by atoms with Crippen LogP contribution in [0.1, 0.15) is 33.6 Å². The molecule has 4 nitrogen and oxygen atoms in total. The van der Waals surface area contributed by atoms with Crippen molar-refractivity contribution >= 4 is 18.2 Å². The summed E-state index contributed by atoms with van der Waals surface area (Å²) in [5.74, 6) is 0.978. The van der Waals surface area contributed by atoms with Gasteiger partial charge in [-0.2, -0.15) is 0 Å². The van der Waals surface area contributed by atoms with Crippen LogP contribution in [-0.2, 0) is 6.54 Å². The third kappa shape index (κ3) is 2.81. The molecule has 1 heterocycles. The van der Waals surface area contributed by atoms with Crippen LogP contribution in [0, 0.1) is 4.77 Å². The van der Waals surface area contributed by atoms with Gasteiger partial charge in [-0.15, -0.1) is 5.10 Å².